The molecule has 0 amide bonds. The van der Waals surface area contributed by atoms with E-state index < -0.39 is 0 Å². The quantitative estimate of drug-likeness (QED) is 0.743. The van der Waals surface area contributed by atoms with Gasteiger partial charge in [-0.2, -0.15) is 0 Å². The van der Waals surface area contributed by atoms with Crippen LogP contribution >= 0.6 is 0 Å². The van der Waals surface area contributed by atoms with Crippen LogP contribution in [0.15, 0.2) is 30.3 Å². The lowest BCUT2D eigenvalue weighted by atomic mass is 10.0. The fraction of sp³-hybridized carbons (Fsp3) is 0.625. The zero-order valence-electron chi connectivity index (χ0n) is 12.3. The predicted octanol–water partition coefficient (Wildman–Crippen LogP) is 3.60. The molecule has 0 unspecified atom stereocenters. The maximum Gasteiger partial charge on any atom is 0.194 e. The van der Waals surface area contributed by atoms with Gasteiger partial charge in [0.1, 0.15) is 12.1 Å². The van der Waals surface area contributed by atoms with Crippen LogP contribution in [-0.2, 0) is 4.74 Å². The first-order valence-corrected chi connectivity index (χ1v) is 6.96. The fourth-order valence-electron chi connectivity index (χ4n) is 2.78. The topological polar surface area (TPSA) is 9.23 Å². The molecule has 18 heavy (non-hydrogen) atoms. The summed E-state index contributed by atoms with van der Waals surface area (Å²) in [6, 6.07) is 11.1. The van der Waals surface area contributed by atoms with Gasteiger partial charge in [0.05, 0.1) is 14.1 Å². The van der Waals surface area contributed by atoms with Crippen LogP contribution in [0.2, 0.25) is 0 Å². The van der Waals surface area contributed by atoms with Gasteiger partial charge in [0.25, 0.3) is 0 Å². The first kappa shape index (κ1) is 13.6. The second-order valence-corrected chi connectivity index (χ2v) is 6.42. The number of quaternary nitrogens is 1. The molecule has 2 nitrogen and oxygen atoms in total. The van der Waals surface area contributed by atoms with E-state index in [0.29, 0.717) is 18.2 Å². The zero-order valence-corrected chi connectivity index (χ0v) is 12.3. The van der Waals surface area contributed by atoms with Crippen molar-refractivity contribution in [3.05, 3.63) is 35.9 Å². The third-order valence-corrected chi connectivity index (χ3v) is 4.33. The molecule has 1 heterocycles. The smallest absolute Gasteiger partial charge is 0.194 e. The lowest BCUT2D eigenvalue weighted by Crippen LogP contribution is -2.50. The standard InChI is InChI=1S/C16H26NO/c1-12(2)11-15-17(4,5)13(3)16(18-15)14-9-7-6-8-10-14/h6-10,12-13,15-16H,11H2,1-5H3/q+1/t13-,15-,16-/m0/s1. The number of hydrogen-bond acceptors (Lipinski definition) is 1. The van der Waals surface area contributed by atoms with Crippen LogP contribution in [0.3, 0.4) is 0 Å². The molecule has 0 spiro atoms. The molecule has 0 aliphatic carbocycles. The molecule has 0 aromatic heterocycles. The molecular weight excluding hydrogens is 222 g/mol. The Hall–Kier alpha value is -0.860. The van der Waals surface area contributed by atoms with E-state index in [1.165, 1.54) is 5.56 Å². The first-order valence-electron chi connectivity index (χ1n) is 6.96. The minimum Gasteiger partial charge on any atom is -0.315 e. The van der Waals surface area contributed by atoms with Gasteiger partial charge in [-0.15, -0.1) is 0 Å². The van der Waals surface area contributed by atoms with Crippen molar-refractivity contribution >= 4 is 0 Å². The maximum atomic E-state index is 6.36. The molecule has 1 fully saturated rings. The van der Waals surface area contributed by atoms with Crippen molar-refractivity contribution in [2.75, 3.05) is 14.1 Å². The molecule has 2 rings (SSSR count). The maximum absolute atomic E-state index is 6.36. The van der Waals surface area contributed by atoms with E-state index in [4.69, 9.17) is 4.74 Å². The Bertz CT molecular complexity index is 385. The highest BCUT2D eigenvalue weighted by Crippen LogP contribution is 2.40. The molecule has 2 heteroatoms. The summed E-state index contributed by atoms with van der Waals surface area (Å²) in [5.41, 5.74) is 1.31. The molecule has 0 N–H and O–H groups in total. The van der Waals surface area contributed by atoms with Crippen molar-refractivity contribution in [2.45, 2.75) is 45.6 Å². The van der Waals surface area contributed by atoms with Crippen molar-refractivity contribution in [1.82, 2.24) is 0 Å². The minimum absolute atomic E-state index is 0.227. The van der Waals surface area contributed by atoms with Gasteiger partial charge in [-0.3, -0.25) is 4.48 Å². The van der Waals surface area contributed by atoms with Crippen molar-refractivity contribution in [1.29, 1.82) is 0 Å². The van der Waals surface area contributed by atoms with E-state index in [1.807, 2.05) is 0 Å². The Morgan fingerprint density at radius 2 is 1.78 bits per heavy atom. The minimum atomic E-state index is 0.227. The molecule has 0 bridgehead atoms. The van der Waals surface area contributed by atoms with Gasteiger partial charge < -0.3 is 4.74 Å². The Labute approximate surface area is 111 Å². The summed E-state index contributed by atoms with van der Waals surface area (Å²) < 4.78 is 7.31. The number of likely N-dealkylation sites (N-methyl/N-ethyl adjacent to an activating group) is 1. The van der Waals surface area contributed by atoms with Gasteiger partial charge in [-0.05, 0) is 18.4 Å². The Morgan fingerprint density at radius 1 is 1.17 bits per heavy atom. The number of ether oxygens (including phenoxy) is 1. The molecule has 1 aromatic rings. The summed E-state index contributed by atoms with van der Waals surface area (Å²) in [5.74, 6) is 0.675. The fourth-order valence-corrected chi connectivity index (χ4v) is 2.78. The zero-order chi connectivity index (χ0) is 13.3. The summed E-state index contributed by atoms with van der Waals surface area (Å²) in [7, 11) is 4.58. The van der Waals surface area contributed by atoms with E-state index in [-0.39, 0.29) is 6.10 Å². The van der Waals surface area contributed by atoms with Crippen LogP contribution in [0, 0.1) is 5.92 Å². The number of benzene rings is 1. The highest BCUT2D eigenvalue weighted by atomic mass is 16.5. The average molecular weight is 248 g/mol. The van der Waals surface area contributed by atoms with Crippen LogP contribution < -0.4 is 0 Å². The van der Waals surface area contributed by atoms with Gasteiger partial charge in [0.2, 0.25) is 0 Å². The lowest BCUT2D eigenvalue weighted by Gasteiger charge is -2.34. The van der Waals surface area contributed by atoms with Gasteiger partial charge in [0.15, 0.2) is 6.23 Å². The predicted molar refractivity (Wildman–Crippen MR) is 75.1 cm³/mol. The summed E-state index contributed by atoms with van der Waals surface area (Å²) >= 11 is 0. The molecule has 1 aliphatic rings. The van der Waals surface area contributed by atoms with Gasteiger partial charge >= 0.3 is 0 Å². The SMILES string of the molecule is CC(C)C[C@@H]1O[C@H](c2ccccc2)[C@H](C)[N+]1(C)C. The van der Waals surface area contributed by atoms with Crippen molar-refractivity contribution in [3.8, 4) is 0 Å². The summed E-state index contributed by atoms with van der Waals surface area (Å²) in [4.78, 5) is 0. The normalized spacial score (nSPS) is 30.9. The second-order valence-electron chi connectivity index (χ2n) is 6.42. The van der Waals surface area contributed by atoms with Crippen LogP contribution in [0.5, 0.6) is 0 Å². The van der Waals surface area contributed by atoms with Crippen LogP contribution in [0.4, 0.5) is 0 Å². The van der Waals surface area contributed by atoms with Crippen LogP contribution in [0.1, 0.15) is 38.9 Å². The summed E-state index contributed by atoms with van der Waals surface area (Å²) in [6.45, 7) is 6.84. The Morgan fingerprint density at radius 3 is 2.33 bits per heavy atom. The largest absolute Gasteiger partial charge is 0.315 e. The average Bonchev–Trinajstić information content (AvgIpc) is 2.54. The highest BCUT2D eigenvalue weighted by Gasteiger charge is 2.48. The van der Waals surface area contributed by atoms with Crippen molar-refractivity contribution in [3.63, 3.8) is 0 Å². The van der Waals surface area contributed by atoms with Crippen LogP contribution in [-0.4, -0.2) is 30.8 Å². The van der Waals surface area contributed by atoms with E-state index in [1.54, 1.807) is 0 Å². The number of hydrogen-bond donors (Lipinski definition) is 0. The van der Waals surface area contributed by atoms with Crippen LogP contribution in [0.25, 0.3) is 0 Å². The van der Waals surface area contributed by atoms with E-state index in [9.17, 15) is 0 Å². The third kappa shape index (κ3) is 2.45. The number of rotatable bonds is 3. The summed E-state index contributed by atoms with van der Waals surface area (Å²) in [6.07, 6.45) is 1.66. The first-order chi connectivity index (χ1) is 8.43. The molecule has 1 saturated heterocycles. The Balaban J connectivity index is 2.21. The molecule has 100 valence electrons. The van der Waals surface area contributed by atoms with E-state index in [0.717, 1.165) is 10.9 Å². The third-order valence-electron chi connectivity index (χ3n) is 4.33. The van der Waals surface area contributed by atoms with Gasteiger partial charge in [-0.25, -0.2) is 0 Å². The molecule has 3 atom stereocenters. The van der Waals surface area contributed by atoms with Gasteiger partial charge in [0, 0.05) is 6.42 Å². The second kappa shape index (κ2) is 5.02. The molecule has 1 aromatic carbocycles. The molecule has 0 saturated carbocycles. The van der Waals surface area contributed by atoms with Gasteiger partial charge in [-0.1, -0.05) is 44.2 Å². The summed E-state index contributed by atoms with van der Waals surface area (Å²) in [5, 5.41) is 0. The molecule has 1 aliphatic heterocycles. The van der Waals surface area contributed by atoms with E-state index >= 15 is 0 Å². The number of nitrogens with zero attached hydrogens (tertiary/aromatic N) is 1. The Kier molecular flexibility index (Phi) is 3.79. The molecular formula is C16H26NO+. The lowest BCUT2D eigenvalue weighted by molar-refractivity contribution is -0.935. The van der Waals surface area contributed by atoms with Crippen molar-refractivity contribution < 1.29 is 9.22 Å². The molecule has 0 radical (unpaired) electrons. The van der Waals surface area contributed by atoms with Crippen molar-refractivity contribution in [2.24, 2.45) is 5.92 Å². The highest BCUT2D eigenvalue weighted by molar-refractivity contribution is 5.19. The monoisotopic (exact) mass is 248 g/mol. The van der Waals surface area contributed by atoms with E-state index in [2.05, 4.69) is 65.2 Å².